The van der Waals surface area contributed by atoms with Crippen LogP contribution in [0.15, 0.2) is 30.6 Å². The van der Waals surface area contributed by atoms with Gasteiger partial charge < -0.3 is 19.7 Å². The SMILES string of the molecule is O=C1NC2CC(C2)Oc2ccc(F)cc2CN2c3nc4c1cnn4cc3O[C@H]1CCC[C@H]12. The van der Waals surface area contributed by atoms with Crippen LogP contribution in [0.4, 0.5) is 10.2 Å². The number of hydrogen-bond acceptors (Lipinski definition) is 6. The molecule has 0 spiro atoms. The Morgan fingerprint density at radius 3 is 2.97 bits per heavy atom. The summed E-state index contributed by atoms with van der Waals surface area (Å²) in [6, 6.07) is 4.87. The second-order valence-electron chi connectivity index (χ2n) is 9.17. The fourth-order valence-electron chi connectivity index (χ4n) is 5.44. The summed E-state index contributed by atoms with van der Waals surface area (Å²) in [5, 5.41) is 7.41. The summed E-state index contributed by atoms with van der Waals surface area (Å²) >= 11 is 0. The molecule has 5 heterocycles. The van der Waals surface area contributed by atoms with Crippen LogP contribution in [0.25, 0.3) is 5.65 Å². The van der Waals surface area contributed by atoms with Crippen LogP contribution in [0.2, 0.25) is 0 Å². The average molecular weight is 435 g/mol. The first kappa shape index (κ1) is 18.2. The number of ether oxygens (including phenoxy) is 2. The Morgan fingerprint density at radius 1 is 1.16 bits per heavy atom. The monoisotopic (exact) mass is 435 g/mol. The zero-order valence-electron chi connectivity index (χ0n) is 17.3. The van der Waals surface area contributed by atoms with E-state index in [4.69, 9.17) is 14.5 Å². The van der Waals surface area contributed by atoms with Gasteiger partial charge in [0, 0.05) is 31.0 Å². The Hall–Kier alpha value is -3.36. The third-order valence-corrected chi connectivity index (χ3v) is 7.14. The molecule has 3 aliphatic heterocycles. The van der Waals surface area contributed by atoms with Gasteiger partial charge in [-0.05, 0) is 37.5 Å². The molecular formula is C23H22FN5O3. The molecule has 2 aromatic heterocycles. The van der Waals surface area contributed by atoms with Crippen LogP contribution in [0.5, 0.6) is 11.5 Å². The van der Waals surface area contributed by atoms with Crippen molar-refractivity contribution in [1.82, 2.24) is 19.9 Å². The van der Waals surface area contributed by atoms with Gasteiger partial charge in [0.15, 0.2) is 17.2 Å². The van der Waals surface area contributed by atoms with Crippen molar-refractivity contribution >= 4 is 17.4 Å². The number of anilines is 1. The minimum Gasteiger partial charge on any atom is -0.490 e. The maximum Gasteiger partial charge on any atom is 0.256 e. The van der Waals surface area contributed by atoms with Crippen molar-refractivity contribution in [3.8, 4) is 11.5 Å². The average Bonchev–Trinajstić information content (AvgIpc) is 3.38. The van der Waals surface area contributed by atoms with Crippen molar-refractivity contribution in [3.63, 3.8) is 0 Å². The predicted octanol–water partition coefficient (Wildman–Crippen LogP) is 2.84. The standard InChI is InChI=1S/C23H22FN5O3/c24-13-4-5-18-12(6-13)10-28-17-2-1-3-19(17)32-20-11-29-21(27-22(20)28)16(9-25-29)23(30)26-14-7-15(8-14)31-18/h4-6,9,11,14-15,17,19H,1-3,7-8,10H2,(H,26,30)/t14?,15?,17-,19+/m1/s1. The van der Waals surface area contributed by atoms with Crippen LogP contribution in [0, 0.1) is 5.82 Å². The first-order valence-corrected chi connectivity index (χ1v) is 11.2. The molecule has 1 N–H and O–H groups in total. The molecule has 2 aliphatic carbocycles. The Balaban J connectivity index is 1.42. The number of rotatable bonds is 0. The molecule has 4 bridgehead atoms. The fourth-order valence-corrected chi connectivity index (χ4v) is 5.44. The van der Waals surface area contributed by atoms with Gasteiger partial charge in [0.05, 0.1) is 18.4 Å². The van der Waals surface area contributed by atoms with E-state index in [1.807, 2.05) is 0 Å². The Morgan fingerprint density at radius 2 is 2.06 bits per heavy atom. The quantitative estimate of drug-likeness (QED) is 0.585. The maximum atomic E-state index is 14.3. The zero-order valence-corrected chi connectivity index (χ0v) is 17.3. The molecule has 5 aliphatic rings. The minimum absolute atomic E-state index is 0.00457. The van der Waals surface area contributed by atoms with Crippen molar-refractivity contribution in [3.05, 3.63) is 47.5 Å². The largest absolute Gasteiger partial charge is 0.490 e. The lowest BCUT2D eigenvalue weighted by Gasteiger charge is -2.40. The van der Waals surface area contributed by atoms with Crippen molar-refractivity contribution in [1.29, 1.82) is 0 Å². The number of halogens is 1. The van der Waals surface area contributed by atoms with Gasteiger partial charge in [-0.3, -0.25) is 4.79 Å². The van der Waals surface area contributed by atoms with Crippen molar-refractivity contribution in [2.75, 3.05) is 4.90 Å². The molecule has 2 fully saturated rings. The molecule has 1 aromatic carbocycles. The Kier molecular flexibility index (Phi) is 3.74. The zero-order chi connectivity index (χ0) is 21.4. The second kappa shape index (κ2) is 6.57. The number of benzene rings is 1. The van der Waals surface area contributed by atoms with E-state index >= 15 is 0 Å². The number of nitrogens with zero attached hydrogens (tertiary/aromatic N) is 4. The van der Waals surface area contributed by atoms with Crippen molar-refractivity contribution in [2.24, 2.45) is 0 Å². The molecule has 2 saturated carbocycles. The predicted molar refractivity (Wildman–Crippen MR) is 113 cm³/mol. The van der Waals surface area contributed by atoms with E-state index in [9.17, 15) is 9.18 Å². The number of hydrogen-bond donors (Lipinski definition) is 1. The highest BCUT2D eigenvalue weighted by Gasteiger charge is 2.41. The molecule has 0 saturated heterocycles. The van der Waals surface area contributed by atoms with Crippen molar-refractivity contribution < 1.29 is 18.7 Å². The van der Waals surface area contributed by atoms with Gasteiger partial charge in [-0.25, -0.2) is 13.9 Å². The van der Waals surface area contributed by atoms with Crippen LogP contribution in [0.1, 0.15) is 48.0 Å². The highest BCUT2D eigenvalue weighted by molar-refractivity contribution is 6.00. The number of nitrogens with one attached hydrogen (secondary N) is 1. The van der Waals surface area contributed by atoms with Crippen LogP contribution in [0.3, 0.4) is 0 Å². The highest BCUT2D eigenvalue weighted by Crippen LogP contribution is 2.43. The third kappa shape index (κ3) is 2.69. The maximum absolute atomic E-state index is 14.3. The summed E-state index contributed by atoms with van der Waals surface area (Å²) in [7, 11) is 0. The summed E-state index contributed by atoms with van der Waals surface area (Å²) in [5.41, 5.74) is 1.73. The molecule has 8 rings (SSSR count). The topological polar surface area (TPSA) is 81.0 Å². The summed E-state index contributed by atoms with van der Waals surface area (Å²) in [6.45, 7) is 0.458. The Bertz CT molecular complexity index is 1250. The van der Waals surface area contributed by atoms with Crippen LogP contribution in [-0.2, 0) is 6.54 Å². The summed E-state index contributed by atoms with van der Waals surface area (Å²) in [5.74, 6) is 1.51. The van der Waals surface area contributed by atoms with E-state index in [0.29, 0.717) is 47.9 Å². The number of carbonyl (C=O) groups is 1. The van der Waals surface area contributed by atoms with E-state index in [1.54, 1.807) is 29.0 Å². The van der Waals surface area contributed by atoms with Crippen molar-refractivity contribution in [2.45, 2.75) is 62.9 Å². The molecule has 164 valence electrons. The first-order chi connectivity index (χ1) is 15.6. The van der Waals surface area contributed by atoms with Crippen LogP contribution >= 0.6 is 0 Å². The van der Waals surface area contributed by atoms with Gasteiger partial charge >= 0.3 is 0 Å². The second-order valence-corrected chi connectivity index (χ2v) is 9.17. The smallest absolute Gasteiger partial charge is 0.256 e. The van der Waals surface area contributed by atoms with Gasteiger partial charge in [0.1, 0.15) is 29.3 Å². The van der Waals surface area contributed by atoms with E-state index < -0.39 is 0 Å². The lowest BCUT2D eigenvalue weighted by Crippen LogP contribution is -2.49. The molecule has 32 heavy (non-hydrogen) atoms. The molecule has 0 radical (unpaired) electrons. The number of carbonyl (C=O) groups excluding carboxylic acids is 1. The summed E-state index contributed by atoms with van der Waals surface area (Å²) in [4.78, 5) is 20.0. The van der Waals surface area contributed by atoms with Crippen LogP contribution < -0.4 is 19.7 Å². The van der Waals surface area contributed by atoms with E-state index in [1.165, 1.54) is 6.07 Å². The summed E-state index contributed by atoms with van der Waals surface area (Å²) < 4.78 is 28.4. The molecule has 2 atom stereocenters. The third-order valence-electron chi connectivity index (χ3n) is 7.14. The number of amides is 1. The number of aromatic nitrogens is 3. The van der Waals surface area contributed by atoms with E-state index in [2.05, 4.69) is 15.3 Å². The normalized spacial score (nSPS) is 28.2. The van der Waals surface area contributed by atoms with Crippen LogP contribution in [-0.4, -0.2) is 44.8 Å². The molecule has 0 unspecified atom stereocenters. The minimum atomic E-state index is -0.287. The molecular weight excluding hydrogens is 413 g/mol. The first-order valence-electron chi connectivity index (χ1n) is 11.2. The lowest BCUT2D eigenvalue weighted by molar-refractivity contribution is 0.0695. The van der Waals surface area contributed by atoms with E-state index in [-0.39, 0.29) is 36.0 Å². The molecule has 3 aromatic rings. The van der Waals surface area contributed by atoms with E-state index in [0.717, 1.165) is 24.8 Å². The Labute approximate surface area is 183 Å². The highest BCUT2D eigenvalue weighted by atomic mass is 19.1. The summed E-state index contributed by atoms with van der Waals surface area (Å²) in [6.07, 6.45) is 7.81. The van der Waals surface area contributed by atoms with Gasteiger partial charge in [-0.1, -0.05) is 0 Å². The van der Waals surface area contributed by atoms with Gasteiger partial charge in [0.25, 0.3) is 5.91 Å². The fraction of sp³-hybridized carbons (Fsp3) is 0.435. The lowest BCUT2D eigenvalue weighted by atomic mass is 9.89. The number of fused-ring (bicyclic) bond motifs is 2. The van der Waals surface area contributed by atoms with Gasteiger partial charge in [-0.2, -0.15) is 5.10 Å². The molecule has 8 nitrogen and oxygen atoms in total. The molecule has 1 amide bonds. The van der Waals surface area contributed by atoms with Gasteiger partial charge in [-0.15, -0.1) is 0 Å². The molecule has 9 heteroatoms. The van der Waals surface area contributed by atoms with Gasteiger partial charge in [0.2, 0.25) is 0 Å².